The summed E-state index contributed by atoms with van der Waals surface area (Å²) in [6.07, 6.45) is 2.48. The molecule has 2 atom stereocenters. The third-order valence-electron chi connectivity index (χ3n) is 3.66. The Labute approximate surface area is 109 Å². The molecule has 3 heteroatoms. The van der Waals surface area contributed by atoms with Crippen LogP contribution < -0.4 is 5.32 Å². The minimum Gasteiger partial charge on any atom is -0.325 e. The molecule has 0 bridgehead atoms. The largest absolute Gasteiger partial charge is 0.325 e. The molecule has 2 unspecified atom stereocenters. The molecule has 0 aromatic heterocycles. The summed E-state index contributed by atoms with van der Waals surface area (Å²) in [6, 6.07) is 9.61. The number of amides is 1. The van der Waals surface area contributed by atoms with E-state index in [1.54, 1.807) is 0 Å². The molecule has 18 heavy (non-hydrogen) atoms. The van der Waals surface area contributed by atoms with E-state index in [-0.39, 0.29) is 11.9 Å². The molecule has 1 N–H and O–H groups in total. The molecular weight excluding hydrogens is 224 g/mol. The van der Waals surface area contributed by atoms with Gasteiger partial charge in [0.15, 0.2) is 0 Å². The second kappa shape index (κ2) is 6.01. The minimum absolute atomic E-state index is 0.0482. The number of carbonyl (C=O) groups excluding carboxylic acids is 1. The van der Waals surface area contributed by atoms with Crippen LogP contribution in [0.25, 0.3) is 0 Å². The van der Waals surface area contributed by atoms with Gasteiger partial charge in [-0.25, -0.2) is 0 Å². The predicted molar refractivity (Wildman–Crippen MR) is 74.5 cm³/mol. The Morgan fingerprint density at radius 2 is 2.11 bits per heavy atom. The number of para-hydroxylation sites is 1. The summed E-state index contributed by atoms with van der Waals surface area (Å²) in [4.78, 5) is 14.4. The van der Waals surface area contributed by atoms with Crippen molar-refractivity contribution in [3.05, 3.63) is 30.3 Å². The van der Waals surface area contributed by atoms with E-state index in [4.69, 9.17) is 0 Å². The molecule has 0 aliphatic carbocycles. The Hall–Kier alpha value is -1.35. The number of likely N-dealkylation sites (tertiary alicyclic amines) is 1. The molecule has 98 valence electrons. The normalized spacial score (nSPS) is 22.4. The van der Waals surface area contributed by atoms with Gasteiger partial charge in [-0.15, -0.1) is 0 Å². The lowest BCUT2D eigenvalue weighted by molar-refractivity contribution is -0.121. The van der Waals surface area contributed by atoms with Crippen LogP contribution in [0.2, 0.25) is 0 Å². The first-order valence-corrected chi connectivity index (χ1v) is 6.77. The van der Waals surface area contributed by atoms with E-state index >= 15 is 0 Å². The highest BCUT2D eigenvalue weighted by molar-refractivity contribution is 5.94. The molecule has 3 nitrogen and oxygen atoms in total. The van der Waals surface area contributed by atoms with Gasteiger partial charge in [0.2, 0.25) is 5.91 Å². The van der Waals surface area contributed by atoms with Gasteiger partial charge < -0.3 is 5.32 Å². The lowest BCUT2D eigenvalue weighted by atomic mass is 9.99. The quantitative estimate of drug-likeness (QED) is 0.889. The number of rotatable bonds is 3. The summed E-state index contributed by atoms with van der Waals surface area (Å²) < 4.78 is 0. The van der Waals surface area contributed by atoms with Gasteiger partial charge in [0.1, 0.15) is 0 Å². The predicted octanol–water partition coefficient (Wildman–Crippen LogP) is 2.75. The lowest BCUT2D eigenvalue weighted by Gasteiger charge is -2.34. The molecule has 1 aromatic carbocycles. The van der Waals surface area contributed by atoms with E-state index < -0.39 is 0 Å². The van der Waals surface area contributed by atoms with Gasteiger partial charge in [0.25, 0.3) is 0 Å². The van der Waals surface area contributed by atoms with E-state index in [0.717, 1.165) is 18.8 Å². The Kier molecular flexibility index (Phi) is 4.37. The van der Waals surface area contributed by atoms with Crippen LogP contribution in [0.3, 0.4) is 0 Å². The molecule has 1 aromatic rings. The number of piperidine rings is 1. The van der Waals surface area contributed by atoms with Crippen LogP contribution >= 0.6 is 0 Å². The molecule has 1 heterocycles. The van der Waals surface area contributed by atoms with Crippen molar-refractivity contribution in [3.8, 4) is 0 Å². The molecule has 0 radical (unpaired) electrons. The Morgan fingerprint density at radius 3 is 2.78 bits per heavy atom. The summed E-state index contributed by atoms with van der Waals surface area (Å²) in [7, 11) is 0. The first kappa shape index (κ1) is 13.1. The highest BCUT2D eigenvalue weighted by Crippen LogP contribution is 2.18. The van der Waals surface area contributed by atoms with E-state index in [1.807, 2.05) is 37.3 Å². The van der Waals surface area contributed by atoms with E-state index in [1.165, 1.54) is 12.8 Å². The van der Waals surface area contributed by atoms with Crippen molar-refractivity contribution in [3.63, 3.8) is 0 Å². The van der Waals surface area contributed by atoms with Crippen LogP contribution in [-0.4, -0.2) is 29.9 Å². The number of benzene rings is 1. The number of nitrogens with one attached hydrogen (secondary N) is 1. The molecule has 1 aliphatic heterocycles. The van der Waals surface area contributed by atoms with Gasteiger partial charge >= 0.3 is 0 Å². The SMILES string of the molecule is CC1CCCN(C(C)C(=O)Nc2ccccc2)C1. The van der Waals surface area contributed by atoms with Gasteiger partial charge in [0.05, 0.1) is 6.04 Å². The standard InChI is InChI=1S/C15H22N2O/c1-12-7-6-10-17(11-12)13(2)15(18)16-14-8-4-3-5-9-14/h3-5,8-9,12-13H,6-7,10-11H2,1-2H3,(H,16,18). The molecule has 0 saturated carbocycles. The van der Waals surface area contributed by atoms with Crippen molar-refractivity contribution < 1.29 is 4.79 Å². The number of hydrogen-bond acceptors (Lipinski definition) is 2. The smallest absolute Gasteiger partial charge is 0.241 e. The second-order valence-electron chi connectivity index (χ2n) is 5.27. The average molecular weight is 246 g/mol. The van der Waals surface area contributed by atoms with E-state index in [2.05, 4.69) is 17.1 Å². The number of anilines is 1. The van der Waals surface area contributed by atoms with Crippen molar-refractivity contribution in [2.45, 2.75) is 32.7 Å². The van der Waals surface area contributed by atoms with Gasteiger partial charge in [-0.1, -0.05) is 25.1 Å². The maximum Gasteiger partial charge on any atom is 0.241 e. The van der Waals surface area contributed by atoms with Gasteiger partial charge in [0, 0.05) is 12.2 Å². The van der Waals surface area contributed by atoms with Crippen LogP contribution in [0.4, 0.5) is 5.69 Å². The highest BCUT2D eigenvalue weighted by Gasteiger charge is 2.25. The first-order valence-electron chi connectivity index (χ1n) is 6.77. The zero-order chi connectivity index (χ0) is 13.0. The lowest BCUT2D eigenvalue weighted by Crippen LogP contribution is -2.46. The fourth-order valence-electron chi connectivity index (χ4n) is 2.51. The van der Waals surface area contributed by atoms with Crippen molar-refractivity contribution in [2.24, 2.45) is 5.92 Å². The summed E-state index contributed by atoms with van der Waals surface area (Å²) in [5.74, 6) is 0.793. The zero-order valence-corrected chi connectivity index (χ0v) is 11.2. The maximum absolute atomic E-state index is 12.2. The van der Waals surface area contributed by atoms with Crippen LogP contribution in [-0.2, 0) is 4.79 Å². The molecule has 1 fully saturated rings. The minimum atomic E-state index is -0.0482. The molecule has 1 saturated heterocycles. The third-order valence-corrected chi connectivity index (χ3v) is 3.66. The first-order chi connectivity index (χ1) is 8.66. The van der Waals surface area contributed by atoms with Gasteiger partial charge in [-0.2, -0.15) is 0 Å². The van der Waals surface area contributed by atoms with E-state index in [0.29, 0.717) is 5.92 Å². The summed E-state index contributed by atoms with van der Waals surface area (Å²) in [5, 5.41) is 2.97. The molecule has 1 amide bonds. The molecule has 0 spiro atoms. The topological polar surface area (TPSA) is 32.3 Å². The van der Waals surface area contributed by atoms with Crippen LogP contribution in [0, 0.1) is 5.92 Å². The van der Waals surface area contributed by atoms with Crippen molar-refractivity contribution >= 4 is 11.6 Å². The molecule has 2 rings (SSSR count). The maximum atomic E-state index is 12.2. The Morgan fingerprint density at radius 1 is 1.39 bits per heavy atom. The molecule has 1 aliphatic rings. The van der Waals surface area contributed by atoms with Crippen molar-refractivity contribution in [1.29, 1.82) is 0 Å². The fraction of sp³-hybridized carbons (Fsp3) is 0.533. The Bertz CT molecular complexity index is 391. The third kappa shape index (κ3) is 3.33. The highest BCUT2D eigenvalue weighted by atomic mass is 16.2. The summed E-state index contributed by atoms with van der Waals surface area (Å²) in [5.41, 5.74) is 0.874. The monoisotopic (exact) mass is 246 g/mol. The zero-order valence-electron chi connectivity index (χ0n) is 11.2. The van der Waals surface area contributed by atoms with Crippen LogP contribution in [0.15, 0.2) is 30.3 Å². The average Bonchev–Trinajstić information content (AvgIpc) is 2.39. The van der Waals surface area contributed by atoms with Crippen LogP contribution in [0.5, 0.6) is 0 Å². The van der Waals surface area contributed by atoms with E-state index in [9.17, 15) is 4.79 Å². The fourth-order valence-corrected chi connectivity index (χ4v) is 2.51. The summed E-state index contributed by atoms with van der Waals surface area (Å²) >= 11 is 0. The second-order valence-corrected chi connectivity index (χ2v) is 5.27. The van der Waals surface area contributed by atoms with Gasteiger partial charge in [-0.3, -0.25) is 9.69 Å². The molecular formula is C15H22N2O. The van der Waals surface area contributed by atoms with Crippen molar-refractivity contribution in [2.75, 3.05) is 18.4 Å². The number of nitrogens with zero attached hydrogens (tertiary/aromatic N) is 1. The van der Waals surface area contributed by atoms with Crippen LogP contribution in [0.1, 0.15) is 26.7 Å². The number of carbonyl (C=O) groups is 1. The van der Waals surface area contributed by atoms with Crippen molar-refractivity contribution in [1.82, 2.24) is 4.90 Å². The summed E-state index contributed by atoms with van der Waals surface area (Å²) in [6.45, 7) is 6.32. The Balaban J connectivity index is 1.92. The van der Waals surface area contributed by atoms with Gasteiger partial charge in [-0.05, 0) is 44.4 Å². The number of hydrogen-bond donors (Lipinski definition) is 1.